The van der Waals surface area contributed by atoms with E-state index in [9.17, 15) is 23.1 Å². The Morgan fingerprint density at radius 3 is 2.38 bits per heavy atom. The number of benzene rings is 2. The first kappa shape index (κ1) is 37.3. The first-order chi connectivity index (χ1) is 24.8. The van der Waals surface area contributed by atoms with Crippen LogP contribution in [-0.4, -0.2) is 63.5 Å². The highest BCUT2D eigenvalue weighted by Crippen LogP contribution is 2.45. The maximum atomic E-state index is 14.3. The second-order valence-corrected chi connectivity index (χ2v) is 13.7. The van der Waals surface area contributed by atoms with Gasteiger partial charge in [0.15, 0.2) is 11.5 Å². The van der Waals surface area contributed by atoms with Crippen LogP contribution in [-0.2, 0) is 30.5 Å². The smallest absolute Gasteiger partial charge is 0.437 e. The first-order valence-electron chi connectivity index (χ1n) is 16.9. The van der Waals surface area contributed by atoms with Crippen molar-refractivity contribution in [2.45, 2.75) is 76.0 Å². The molecule has 2 aromatic carbocycles. The average molecular weight is 741 g/mol. The third-order valence-electron chi connectivity index (χ3n) is 9.43. The highest BCUT2D eigenvalue weighted by molar-refractivity contribution is 6.36. The van der Waals surface area contributed by atoms with Gasteiger partial charge in [0.05, 0.1) is 43.0 Å². The van der Waals surface area contributed by atoms with Gasteiger partial charge in [0.2, 0.25) is 11.8 Å². The van der Waals surface area contributed by atoms with Crippen LogP contribution in [0.4, 0.5) is 19.0 Å². The number of fused-ring (bicyclic) bond motifs is 1. The van der Waals surface area contributed by atoms with Crippen LogP contribution in [0.3, 0.4) is 0 Å². The molecule has 0 aliphatic heterocycles. The van der Waals surface area contributed by atoms with Gasteiger partial charge in [-0.15, -0.1) is 0 Å². The van der Waals surface area contributed by atoms with Gasteiger partial charge in [-0.2, -0.15) is 18.2 Å². The fraction of sp³-hybridized carbons (Fsp3) is 0.405. The van der Waals surface area contributed by atoms with Gasteiger partial charge in [-0.3, -0.25) is 4.79 Å². The zero-order valence-electron chi connectivity index (χ0n) is 28.9. The number of aromatic nitrogens is 3. The van der Waals surface area contributed by atoms with E-state index in [1.54, 1.807) is 7.11 Å². The van der Waals surface area contributed by atoms with Gasteiger partial charge in [0.1, 0.15) is 5.69 Å². The summed E-state index contributed by atoms with van der Waals surface area (Å²) in [6.07, 6.45) is -2.58. The molecule has 6 rings (SSSR count). The Bertz CT molecular complexity index is 1950. The number of methoxy groups -OCH3 is 2. The lowest BCUT2D eigenvalue weighted by atomic mass is 9.77. The lowest BCUT2D eigenvalue weighted by molar-refractivity contribution is -0.141. The number of carbonyl (C=O) groups is 1. The number of rotatable bonds is 14. The van der Waals surface area contributed by atoms with Gasteiger partial charge >= 0.3 is 12.1 Å². The van der Waals surface area contributed by atoms with Crippen LogP contribution in [0.15, 0.2) is 48.5 Å². The fourth-order valence-corrected chi connectivity index (χ4v) is 7.25. The number of carboxylic acid groups (broad SMARTS) is 1. The lowest BCUT2D eigenvalue weighted by Crippen LogP contribution is -2.51. The maximum absolute atomic E-state index is 14.3. The Hall–Kier alpha value is -4.50. The number of hydrogen-bond acceptors (Lipinski definition) is 10. The third-order valence-corrected chi connectivity index (χ3v) is 9.84. The molecule has 52 heavy (non-hydrogen) atoms. The van der Waals surface area contributed by atoms with Crippen LogP contribution in [0, 0.1) is 0 Å². The minimum Gasteiger partial charge on any atom is -0.481 e. The highest BCUT2D eigenvalue weighted by Gasteiger charge is 2.40. The minimum absolute atomic E-state index is 0.0387. The molecule has 5 N–H and O–H groups in total. The highest BCUT2D eigenvalue weighted by atomic mass is 35.5. The normalized spacial score (nSPS) is 19.5. The van der Waals surface area contributed by atoms with Crippen molar-refractivity contribution in [3.8, 4) is 34.1 Å². The predicted molar refractivity (Wildman–Crippen MR) is 189 cm³/mol. The molecule has 0 saturated heterocycles. The topological polar surface area (TPSA) is 151 Å². The summed E-state index contributed by atoms with van der Waals surface area (Å²) in [5.41, 5.74) is 3.69. The van der Waals surface area contributed by atoms with Crippen molar-refractivity contribution in [1.82, 2.24) is 25.6 Å². The van der Waals surface area contributed by atoms with Gasteiger partial charge in [-0.1, -0.05) is 54.1 Å². The number of aliphatic carboxylic acids is 1. The molecule has 0 spiro atoms. The molecule has 0 bridgehead atoms. The second-order valence-electron chi connectivity index (χ2n) is 13.3. The van der Waals surface area contributed by atoms with Crippen molar-refractivity contribution in [1.29, 1.82) is 0 Å². The molecule has 1 atom stereocenters. The van der Waals surface area contributed by atoms with E-state index in [1.807, 2.05) is 55.5 Å². The molecule has 0 amide bonds. The van der Waals surface area contributed by atoms with Crippen molar-refractivity contribution >= 4 is 23.4 Å². The molecule has 0 radical (unpaired) electrons. The zero-order chi connectivity index (χ0) is 37.2. The Morgan fingerprint density at radius 1 is 0.981 bits per heavy atom. The summed E-state index contributed by atoms with van der Waals surface area (Å²) in [4.78, 5) is 23.6. The number of alkyl halides is 3. The number of hydrogen-bond donors (Lipinski definition) is 5. The van der Waals surface area contributed by atoms with Crippen LogP contribution >= 0.6 is 11.6 Å². The molecule has 2 aliphatic rings. The van der Waals surface area contributed by atoms with E-state index in [0.29, 0.717) is 54.4 Å². The number of pyridine rings is 1. The number of nitrogens with one attached hydrogen (secondary N) is 3. The number of halogens is 4. The van der Waals surface area contributed by atoms with Crippen LogP contribution in [0.25, 0.3) is 22.4 Å². The van der Waals surface area contributed by atoms with Crippen molar-refractivity contribution in [2.75, 3.05) is 26.1 Å². The van der Waals surface area contributed by atoms with E-state index in [4.69, 9.17) is 31.2 Å². The Morgan fingerprint density at radius 2 is 1.69 bits per heavy atom. The van der Waals surface area contributed by atoms with Crippen molar-refractivity contribution in [2.24, 2.45) is 0 Å². The van der Waals surface area contributed by atoms with Crippen LogP contribution in [0.1, 0.15) is 66.7 Å². The van der Waals surface area contributed by atoms with Crippen LogP contribution in [0.5, 0.6) is 11.8 Å². The molecule has 276 valence electrons. The molecule has 4 aromatic rings. The van der Waals surface area contributed by atoms with Gasteiger partial charge in [0, 0.05) is 42.4 Å². The monoisotopic (exact) mass is 740 g/mol. The summed E-state index contributed by atoms with van der Waals surface area (Å²) < 4.78 is 53.8. The number of nitrogens with zero attached hydrogens (tertiary/aromatic N) is 3. The van der Waals surface area contributed by atoms with E-state index in [1.165, 1.54) is 7.11 Å². The van der Waals surface area contributed by atoms with Crippen LogP contribution < -0.4 is 25.4 Å². The van der Waals surface area contributed by atoms with E-state index in [2.05, 4.69) is 25.9 Å². The SMILES string of the molecule is COc1nc(-c2cccc(-c3cccc4c3CC[C@@H]4Nc3nc(OC)c(CNCCC(=O)O)nc3C(F)(F)F)c2Cl)ccc1CNC1CC(C)(O)C1. The largest absolute Gasteiger partial charge is 0.481 e. The number of carboxylic acids is 1. The van der Waals surface area contributed by atoms with E-state index >= 15 is 0 Å². The molecular weight excluding hydrogens is 701 g/mol. The van der Waals surface area contributed by atoms with Crippen LogP contribution in [0.2, 0.25) is 5.02 Å². The lowest BCUT2D eigenvalue weighted by Gasteiger charge is -2.41. The summed E-state index contributed by atoms with van der Waals surface area (Å²) >= 11 is 7.09. The van der Waals surface area contributed by atoms with Crippen molar-refractivity contribution in [3.05, 3.63) is 81.6 Å². The molecule has 2 aliphatic carbocycles. The Balaban J connectivity index is 1.25. The molecule has 2 heterocycles. The van der Waals surface area contributed by atoms with Crippen molar-refractivity contribution in [3.63, 3.8) is 0 Å². The Labute approximate surface area is 304 Å². The predicted octanol–water partition coefficient (Wildman–Crippen LogP) is 6.56. The van der Waals surface area contributed by atoms with Gasteiger partial charge in [-0.25, -0.2) is 9.97 Å². The molecule has 11 nitrogen and oxygen atoms in total. The summed E-state index contributed by atoms with van der Waals surface area (Å²) in [6, 6.07) is 14.9. The van der Waals surface area contributed by atoms with E-state index < -0.39 is 35.3 Å². The average Bonchev–Trinajstić information content (AvgIpc) is 3.50. The fourth-order valence-electron chi connectivity index (χ4n) is 6.92. The Kier molecular flexibility index (Phi) is 10.9. The third kappa shape index (κ3) is 8.10. The minimum atomic E-state index is -4.82. The zero-order valence-corrected chi connectivity index (χ0v) is 29.7. The number of aliphatic hydroxyl groups is 1. The molecule has 15 heteroatoms. The molecule has 0 unspecified atom stereocenters. The summed E-state index contributed by atoms with van der Waals surface area (Å²) in [7, 11) is 2.85. The summed E-state index contributed by atoms with van der Waals surface area (Å²) in [5, 5.41) is 28.6. The van der Waals surface area contributed by atoms with E-state index in [0.717, 1.165) is 27.8 Å². The van der Waals surface area contributed by atoms with Gasteiger partial charge in [0.25, 0.3) is 0 Å². The molecule has 2 aromatic heterocycles. The quantitative estimate of drug-likeness (QED) is 0.0895. The van der Waals surface area contributed by atoms with Gasteiger partial charge in [-0.05, 0) is 55.4 Å². The van der Waals surface area contributed by atoms with E-state index in [-0.39, 0.29) is 37.1 Å². The number of anilines is 1. The van der Waals surface area contributed by atoms with Gasteiger partial charge < -0.3 is 35.6 Å². The summed E-state index contributed by atoms with van der Waals surface area (Å²) in [6.45, 7) is 2.25. The second kappa shape index (κ2) is 15.2. The summed E-state index contributed by atoms with van der Waals surface area (Å²) in [5.74, 6) is -1.13. The molecular formula is C37H40ClF3N6O5. The number of ether oxygens (including phenoxy) is 2. The van der Waals surface area contributed by atoms with Crippen molar-refractivity contribution < 1.29 is 37.7 Å². The molecule has 1 fully saturated rings. The maximum Gasteiger partial charge on any atom is 0.437 e. The standard InChI is InChI=1S/C37H40ClF3N6O5/c1-36(50)16-21(17-36)43-18-20-10-12-28(46-34(20)51-2)26-9-5-8-25(31(26)38)22-6-4-7-24-23(22)11-13-27(24)45-33-32(37(39,40)41)44-29(35(47-33)52-3)19-42-15-14-30(48)49/h4-10,12,21,27,42-43,50H,11,13-19H2,1-3H3,(H,45,47)(H,48,49)/t21?,27-,36?/m0/s1. The molecule has 1 saturated carbocycles. The first-order valence-corrected chi connectivity index (χ1v) is 17.3.